The molecular formula is C8H8ClNS. The maximum atomic E-state index is 8.72. The Balaban J connectivity index is 2.92. The van der Waals surface area contributed by atoms with E-state index in [-0.39, 0.29) is 5.92 Å². The quantitative estimate of drug-likeness (QED) is 0.693. The van der Waals surface area contributed by atoms with Gasteiger partial charge in [-0.3, -0.25) is 0 Å². The average molecular weight is 186 g/mol. The third kappa shape index (κ3) is 1.74. The molecule has 0 N–H and O–H groups in total. The van der Waals surface area contributed by atoms with E-state index in [1.165, 1.54) is 0 Å². The summed E-state index contributed by atoms with van der Waals surface area (Å²) in [6, 6.07) is 4.06. The molecule has 0 saturated carbocycles. The molecule has 1 nitrogen and oxygen atoms in total. The van der Waals surface area contributed by atoms with E-state index >= 15 is 0 Å². The van der Waals surface area contributed by atoms with E-state index in [1.54, 1.807) is 11.3 Å². The van der Waals surface area contributed by atoms with Gasteiger partial charge in [0.15, 0.2) is 0 Å². The predicted molar refractivity (Wildman–Crippen MR) is 48.0 cm³/mol. The zero-order valence-electron chi connectivity index (χ0n) is 6.17. The summed E-state index contributed by atoms with van der Waals surface area (Å²) in [5.74, 6) is -0.0255. The van der Waals surface area contributed by atoms with Gasteiger partial charge in [-0.1, -0.05) is 18.5 Å². The standard InChI is InChI=1S/C8H8ClNS/c1-2-6(5-10)8-7(9)3-4-11-8/h3-4,6H,2H2,1H3. The molecule has 0 spiro atoms. The van der Waals surface area contributed by atoms with Gasteiger partial charge in [0, 0.05) is 4.88 Å². The van der Waals surface area contributed by atoms with Crippen molar-refractivity contribution in [2.75, 3.05) is 0 Å². The molecule has 0 aromatic carbocycles. The van der Waals surface area contributed by atoms with Gasteiger partial charge in [0.05, 0.1) is 17.0 Å². The Labute approximate surface area is 75.2 Å². The fourth-order valence-electron chi connectivity index (χ4n) is 0.889. The lowest BCUT2D eigenvalue weighted by Crippen LogP contribution is -1.89. The van der Waals surface area contributed by atoms with Crippen LogP contribution in [0.25, 0.3) is 0 Å². The van der Waals surface area contributed by atoms with Crippen LogP contribution in [0.2, 0.25) is 5.02 Å². The van der Waals surface area contributed by atoms with Crippen LogP contribution in [0.15, 0.2) is 11.4 Å². The molecule has 1 unspecified atom stereocenters. The highest BCUT2D eigenvalue weighted by molar-refractivity contribution is 7.10. The largest absolute Gasteiger partial charge is 0.198 e. The van der Waals surface area contributed by atoms with Crippen molar-refractivity contribution in [2.45, 2.75) is 19.3 Å². The number of nitriles is 1. The number of rotatable bonds is 2. The highest BCUT2D eigenvalue weighted by Gasteiger charge is 2.12. The van der Waals surface area contributed by atoms with E-state index < -0.39 is 0 Å². The Morgan fingerprint density at radius 2 is 2.55 bits per heavy atom. The molecule has 1 aromatic heterocycles. The molecular weight excluding hydrogens is 178 g/mol. The number of hydrogen-bond donors (Lipinski definition) is 0. The Morgan fingerprint density at radius 1 is 1.82 bits per heavy atom. The predicted octanol–water partition coefficient (Wildman–Crippen LogP) is 3.42. The smallest absolute Gasteiger partial charge is 0.0818 e. The van der Waals surface area contributed by atoms with Crippen LogP contribution in [0.5, 0.6) is 0 Å². The molecule has 0 saturated heterocycles. The summed E-state index contributed by atoms with van der Waals surface area (Å²) in [7, 11) is 0. The molecule has 1 atom stereocenters. The first kappa shape index (κ1) is 8.58. The van der Waals surface area contributed by atoms with Crippen LogP contribution in [-0.4, -0.2) is 0 Å². The Hall–Kier alpha value is -0.520. The molecule has 3 heteroatoms. The SMILES string of the molecule is CCC(C#N)c1sccc1Cl. The van der Waals surface area contributed by atoms with Gasteiger partial charge in [0.1, 0.15) is 0 Å². The van der Waals surface area contributed by atoms with Crippen molar-refractivity contribution in [1.82, 2.24) is 0 Å². The second kappa shape index (κ2) is 3.75. The second-order valence-corrected chi connectivity index (χ2v) is 3.58. The van der Waals surface area contributed by atoms with Crippen LogP contribution in [0, 0.1) is 11.3 Å². The van der Waals surface area contributed by atoms with Crippen LogP contribution < -0.4 is 0 Å². The molecule has 0 aliphatic carbocycles. The van der Waals surface area contributed by atoms with E-state index in [0.717, 1.165) is 16.3 Å². The normalized spacial score (nSPS) is 12.5. The molecule has 0 aliphatic heterocycles. The number of hydrogen-bond acceptors (Lipinski definition) is 2. The van der Waals surface area contributed by atoms with E-state index in [9.17, 15) is 0 Å². The molecule has 1 heterocycles. The van der Waals surface area contributed by atoms with Crippen LogP contribution in [0.1, 0.15) is 24.1 Å². The summed E-state index contributed by atoms with van der Waals surface area (Å²) in [4.78, 5) is 0.997. The molecule has 0 bridgehead atoms. The summed E-state index contributed by atoms with van der Waals surface area (Å²) in [6.07, 6.45) is 0.830. The summed E-state index contributed by atoms with van der Waals surface area (Å²) < 4.78 is 0. The van der Waals surface area contributed by atoms with Gasteiger partial charge in [0.25, 0.3) is 0 Å². The first-order chi connectivity index (χ1) is 5.29. The highest BCUT2D eigenvalue weighted by atomic mass is 35.5. The number of thiophene rings is 1. The monoisotopic (exact) mass is 185 g/mol. The van der Waals surface area contributed by atoms with Crippen molar-refractivity contribution in [1.29, 1.82) is 5.26 Å². The lowest BCUT2D eigenvalue weighted by molar-refractivity contribution is 0.835. The summed E-state index contributed by atoms with van der Waals surface area (Å²) in [5.41, 5.74) is 0. The summed E-state index contributed by atoms with van der Waals surface area (Å²) in [5, 5.41) is 11.4. The molecule has 1 aromatic rings. The van der Waals surface area contributed by atoms with Crippen LogP contribution >= 0.6 is 22.9 Å². The first-order valence-corrected chi connectivity index (χ1v) is 4.67. The molecule has 0 amide bonds. The van der Waals surface area contributed by atoms with Gasteiger partial charge in [0.2, 0.25) is 0 Å². The van der Waals surface area contributed by atoms with Crippen molar-refractivity contribution in [3.05, 3.63) is 21.3 Å². The van der Waals surface area contributed by atoms with Crippen molar-refractivity contribution in [2.24, 2.45) is 0 Å². The van der Waals surface area contributed by atoms with Gasteiger partial charge in [-0.15, -0.1) is 11.3 Å². The van der Waals surface area contributed by atoms with Crippen molar-refractivity contribution in [3.8, 4) is 6.07 Å². The maximum Gasteiger partial charge on any atom is 0.0818 e. The minimum absolute atomic E-state index is 0.0255. The third-order valence-electron chi connectivity index (χ3n) is 1.53. The van der Waals surface area contributed by atoms with E-state index in [0.29, 0.717) is 0 Å². The fourth-order valence-corrected chi connectivity index (χ4v) is 2.21. The number of nitrogens with zero attached hydrogens (tertiary/aromatic N) is 1. The summed E-state index contributed by atoms with van der Waals surface area (Å²) in [6.45, 7) is 1.99. The molecule has 58 valence electrons. The van der Waals surface area contributed by atoms with Crippen molar-refractivity contribution in [3.63, 3.8) is 0 Å². The first-order valence-electron chi connectivity index (χ1n) is 3.42. The topological polar surface area (TPSA) is 23.8 Å². The van der Waals surface area contributed by atoms with Gasteiger partial charge in [-0.2, -0.15) is 5.26 Å². The van der Waals surface area contributed by atoms with Crippen LogP contribution in [-0.2, 0) is 0 Å². The lowest BCUT2D eigenvalue weighted by atomic mass is 10.1. The summed E-state index contributed by atoms with van der Waals surface area (Å²) >= 11 is 7.40. The zero-order valence-corrected chi connectivity index (χ0v) is 7.75. The second-order valence-electron chi connectivity index (χ2n) is 2.22. The van der Waals surface area contributed by atoms with Crippen molar-refractivity contribution < 1.29 is 0 Å². The van der Waals surface area contributed by atoms with Gasteiger partial charge < -0.3 is 0 Å². The van der Waals surface area contributed by atoms with Gasteiger partial charge >= 0.3 is 0 Å². The van der Waals surface area contributed by atoms with E-state index in [1.807, 2.05) is 18.4 Å². The minimum atomic E-state index is -0.0255. The Bertz CT molecular complexity index is 274. The highest BCUT2D eigenvalue weighted by Crippen LogP contribution is 2.31. The molecule has 11 heavy (non-hydrogen) atoms. The van der Waals surface area contributed by atoms with E-state index in [4.69, 9.17) is 16.9 Å². The molecule has 0 radical (unpaired) electrons. The zero-order chi connectivity index (χ0) is 8.27. The molecule has 0 fully saturated rings. The van der Waals surface area contributed by atoms with Crippen LogP contribution in [0.4, 0.5) is 0 Å². The van der Waals surface area contributed by atoms with Gasteiger partial charge in [-0.25, -0.2) is 0 Å². The van der Waals surface area contributed by atoms with Crippen molar-refractivity contribution >= 4 is 22.9 Å². The molecule has 0 aliphatic rings. The molecule has 1 rings (SSSR count). The Kier molecular flexibility index (Phi) is 2.92. The van der Waals surface area contributed by atoms with Crippen LogP contribution in [0.3, 0.4) is 0 Å². The minimum Gasteiger partial charge on any atom is -0.198 e. The fraction of sp³-hybridized carbons (Fsp3) is 0.375. The number of halogens is 1. The maximum absolute atomic E-state index is 8.72. The average Bonchev–Trinajstić information content (AvgIpc) is 2.40. The Morgan fingerprint density at radius 3 is 2.91 bits per heavy atom. The third-order valence-corrected chi connectivity index (χ3v) is 3.00. The van der Waals surface area contributed by atoms with Gasteiger partial charge in [-0.05, 0) is 17.9 Å². The lowest BCUT2D eigenvalue weighted by Gasteiger charge is -2.01. The van der Waals surface area contributed by atoms with E-state index in [2.05, 4.69) is 6.07 Å².